The predicted molar refractivity (Wildman–Crippen MR) is 195 cm³/mol. The lowest BCUT2D eigenvalue weighted by Crippen LogP contribution is -2.17. The number of hydrogen-bond acceptors (Lipinski definition) is 1. The van der Waals surface area contributed by atoms with Crippen LogP contribution in [0.1, 0.15) is 30.5 Å². The summed E-state index contributed by atoms with van der Waals surface area (Å²) in [6, 6.07) is 55.6. The smallest absolute Gasteiger partial charge is 0.0543 e. The Kier molecular flexibility index (Phi) is 5.79. The molecule has 0 bridgehead atoms. The second kappa shape index (κ2) is 9.95. The summed E-state index contributed by atoms with van der Waals surface area (Å²) in [7, 11) is 0. The van der Waals surface area contributed by atoms with E-state index in [4.69, 9.17) is 0 Å². The lowest BCUT2D eigenvalue weighted by atomic mass is 9.81. The third-order valence-electron chi connectivity index (χ3n) is 10.1. The number of aryl methyl sites for hydroxylation is 1. The molecule has 1 heterocycles. The average Bonchev–Trinajstić information content (AvgIpc) is 3.55. The molecule has 1 aliphatic carbocycles. The summed E-state index contributed by atoms with van der Waals surface area (Å²) in [4.78, 5) is 2.44. The molecule has 0 atom stereocenters. The van der Waals surface area contributed by atoms with Crippen molar-refractivity contribution in [3.8, 4) is 16.8 Å². The van der Waals surface area contributed by atoms with E-state index in [2.05, 4.69) is 182 Å². The molecule has 1 aromatic heterocycles. The molecule has 0 radical (unpaired) electrons. The van der Waals surface area contributed by atoms with Crippen molar-refractivity contribution in [1.82, 2.24) is 4.57 Å². The van der Waals surface area contributed by atoms with Gasteiger partial charge in [0.2, 0.25) is 0 Å². The van der Waals surface area contributed by atoms with Gasteiger partial charge in [0.25, 0.3) is 0 Å². The van der Waals surface area contributed by atoms with Crippen LogP contribution in [0.15, 0.2) is 152 Å². The zero-order chi connectivity index (χ0) is 31.0. The Morgan fingerprint density at radius 1 is 0.500 bits per heavy atom. The Bertz CT molecular complexity index is 2410. The van der Waals surface area contributed by atoms with Gasteiger partial charge in [0.15, 0.2) is 0 Å². The van der Waals surface area contributed by atoms with Gasteiger partial charge in [0.1, 0.15) is 0 Å². The molecule has 0 fully saturated rings. The first-order valence-corrected chi connectivity index (χ1v) is 16.1. The molecule has 2 heteroatoms. The molecule has 0 unspecified atom stereocenters. The number of aromatic nitrogens is 1. The number of fused-ring (bicyclic) bond motifs is 8. The number of para-hydroxylation sites is 4. The van der Waals surface area contributed by atoms with E-state index in [1.165, 1.54) is 77.5 Å². The van der Waals surface area contributed by atoms with Gasteiger partial charge in [-0.15, -0.1) is 0 Å². The zero-order valence-electron chi connectivity index (χ0n) is 26.3. The van der Waals surface area contributed by atoms with E-state index in [-0.39, 0.29) is 5.41 Å². The van der Waals surface area contributed by atoms with Crippen molar-refractivity contribution < 1.29 is 0 Å². The largest absolute Gasteiger partial charge is 0.310 e. The van der Waals surface area contributed by atoms with Crippen molar-refractivity contribution in [2.24, 2.45) is 0 Å². The standard InChI is InChI=1S/C44H34N2/c1-29-15-7-12-22-39(29)45(30-16-5-4-6-17-30)42-28-38-43(35-21-9-8-20-34(35)42)36-26-25-31(27-37(36)44(38,2)3)46-40-23-13-10-18-32(40)33-19-11-14-24-41(33)46/h4-28H,1-3H3. The molecule has 0 N–H and O–H groups in total. The predicted octanol–water partition coefficient (Wildman–Crippen LogP) is 12.0. The second-order valence-corrected chi connectivity index (χ2v) is 13.0. The van der Waals surface area contributed by atoms with Crippen LogP contribution in [0.2, 0.25) is 0 Å². The molecular weight excluding hydrogens is 556 g/mol. The van der Waals surface area contributed by atoms with Gasteiger partial charge in [-0.1, -0.05) is 117 Å². The summed E-state index contributed by atoms with van der Waals surface area (Å²) >= 11 is 0. The van der Waals surface area contributed by atoms with E-state index in [9.17, 15) is 0 Å². The minimum absolute atomic E-state index is 0.202. The van der Waals surface area contributed by atoms with Crippen LogP contribution in [-0.2, 0) is 5.41 Å². The molecule has 1 aliphatic rings. The topological polar surface area (TPSA) is 8.17 Å². The molecule has 2 nitrogen and oxygen atoms in total. The third kappa shape index (κ3) is 3.77. The summed E-state index contributed by atoms with van der Waals surface area (Å²) in [5.74, 6) is 0. The van der Waals surface area contributed by atoms with Crippen LogP contribution in [0, 0.1) is 6.92 Å². The number of nitrogens with zero attached hydrogens (tertiary/aromatic N) is 2. The fourth-order valence-electron chi connectivity index (χ4n) is 7.88. The first-order valence-electron chi connectivity index (χ1n) is 16.1. The molecule has 7 aromatic carbocycles. The maximum atomic E-state index is 2.47. The normalized spacial score (nSPS) is 13.3. The fraction of sp³-hybridized carbons (Fsp3) is 0.0909. The molecule has 0 amide bonds. The molecular formula is C44H34N2. The average molecular weight is 591 g/mol. The summed E-state index contributed by atoms with van der Waals surface area (Å²) in [6.07, 6.45) is 0. The van der Waals surface area contributed by atoms with Crippen LogP contribution in [-0.4, -0.2) is 4.57 Å². The highest BCUT2D eigenvalue weighted by molar-refractivity contribution is 6.11. The van der Waals surface area contributed by atoms with Crippen molar-refractivity contribution in [3.63, 3.8) is 0 Å². The fourth-order valence-corrected chi connectivity index (χ4v) is 7.88. The van der Waals surface area contributed by atoms with E-state index in [1.54, 1.807) is 0 Å². The molecule has 220 valence electrons. The molecule has 0 aliphatic heterocycles. The Morgan fingerprint density at radius 3 is 1.78 bits per heavy atom. The summed E-state index contributed by atoms with van der Waals surface area (Å²) in [6.45, 7) is 7.00. The first-order chi connectivity index (χ1) is 22.5. The summed E-state index contributed by atoms with van der Waals surface area (Å²) in [5.41, 5.74) is 13.7. The van der Waals surface area contributed by atoms with E-state index < -0.39 is 0 Å². The maximum absolute atomic E-state index is 2.47. The monoisotopic (exact) mass is 590 g/mol. The number of anilines is 3. The van der Waals surface area contributed by atoms with Gasteiger partial charge in [-0.05, 0) is 88.7 Å². The van der Waals surface area contributed by atoms with Gasteiger partial charge in [0, 0.05) is 38.6 Å². The van der Waals surface area contributed by atoms with E-state index in [1.807, 2.05) is 0 Å². The van der Waals surface area contributed by atoms with E-state index >= 15 is 0 Å². The second-order valence-electron chi connectivity index (χ2n) is 13.0. The van der Waals surface area contributed by atoms with Crippen molar-refractivity contribution >= 4 is 49.6 Å². The van der Waals surface area contributed by atoms with Gasteiger partial charge >= 0.3 is 0 Å². The highest BCUT2D eigenvalue weighted by Crippen LogP contribution is 2.55. The Hall–Kier alpha value is -5.60. The highest BCUT2D eigenvalue weighted by atomic mass is 15.1. The van der Waals surface area contributed by atoms with Gasteiger partial charge in [-0.25, -0.2) is 0 Å². The molecule has 9 rings (SSSR count). The maximum Gasteiger partial charge on any atom is 0.0543 e. The summed E-state index contributed by atoms with van der Waals surface area (Å²) in [5, 5.41) is 5.12. The minimum Gasteiger partial charge on any atom is -0.310 e. The van der Waals surface area contributed by atoms with Crippen LogP contribution in [0.4, 0.5) is 17.1 Å². The number of benzene rings is 7. The number of rotatable bonds is 4. The Morgan fingerprint density at radius 2 is 1.09 bits per heavy atom. The van der Waals surface area contributed by atoms with Crippen molar-refractivity contribution in [1.29, 1.82) is 0 Å². The molecule has 8 aromatic rings. The first kappa shape index (κ1) is 26.8. The van der Waals surface area contributed by atoms with Gasteiger partial charge in [0.05, 0.1) is 16.7 Å². The number of hydrogen-bond donors (Lipinski definition) is 0. The molecule has 0 spiro atoms. The Balaban J connectivity index is 1.30. The van der Waals surface area contributed by atoms with Crippen molar-refractivity contribution in [2.45, 2.75) is 26.2 Å². The quantitative estimate of drug-likeness (QED) is 0.198. The van der Waals surface area contributed by atoms with Crippen LogP contribution >= 0.6 is 0 Å². The van der Waals surface area contributed by atoms with E-state index in [0.717, 1.165) is 5.69 Å². The van der Waals surface area contributed by atoms with Gasteiger partial charge in [-0.2, -0.15) is 0 Å². The van der Waals surface area contributed by atoms with Gasteiger partial charge < -0.3 is 9.47 Å². The van der Waals surface area contributed by atoms with Gasteiger partial charge in [-0.3, -0.25) is 0 Å². The Labute approximate surface area is 269 Å². The van der Waals surface area contributed by atoms with Crippen LogP contribution in [0.5, 0.6) is 0 Å². The highest BCUT2D eigenvalue weighted by Gasteiger charge is 2.38. The lowest BCUT2D eigenvalue weighted by molar-refractivity contribution is 0.660. The SMILES string of the molecule is Cc1ccccc1N(c1ccccc1)c1cc2c(c3ccccc13)-c1ccc(-n3c4ccccc4c4ccccc43)cc1C2(C)C. The van der Waals surface area contributed by atoms with E-state index in [0.29, 0.717) is 0 Å². The zero-order valence-corrected chi connectivity index (χ0v) is 26.3. The van der Waals surface area contributed by atoms with Crippen molar-refractivity contribution in [3.05, 3.63) is 168 Å². The summed E-state index contributed by atoms with van der Waals surface area (Å²) < 4.78 is 2.43. The van der Waals surface area contributed by atoms with Crippen LogP contribution in [0.3, 0.4) is 0 Å². The van der Waals surface area contributed by atoms with Crippen molar-refractivity contribution in [2.75, 3.05) is 4.90 Å². The minimum atomic E-state index is -0.202. The van der Waals surface area contributed by atoms with Crippen LogP contribution < -0.4 is 4.90 Å². The third-order valence-corrected chi connectivity index (χ3v) is 10.1. The lowest BCUT2D eigenvalue weighted by Gasteiger charge is -2.30. The molecule has 0 saturated heterocycles. The molecule has 0 saturated carbocycles. The molecule has 46 heavy (non-hydrogen) atoms. The van der Waals surface area contributed by atoms with Crippen LogP contribution in [0.25, 0.3) is 49.4 Å².